The Kier molecular flexibility index (Phi) is 1.48. The largest absolute Gasteiger partial charge is 0.361 e. The summed E-state index contributed by atoms with van der Waals surface area (Å²) in [5, 5.41) is 4.06. The zero-order chi connectivity index (χ0) is 7.84. The van der Waals surface area contributed by atoms with E-state index >= 15 is 0 Å². The van der Waals surface area contributed by atoms with Crippen molar-refractivity contribution in [2.75, 3.05) is 0 Å². The maximum absolute atomic E-state index is 5.14. The average Bonchev–Trinajstić information content (AvgIpc) is 2.35. The van der Waals surface area contributed by atoms with Crippen molar-refractivity contribution < 1.29 is 4.52 Å². The van der Waals surface area contributed by atoms with E-state index in [-0.39, 0.29) is 0 Å². The number of aryl methyl sites for hydroxylation is 1. The number of nitrogens with zero attached hydrogens (tertiary/aromatic N) is 1. The van der Waals surface area contributed by atoms with Gasteiger partial charge in [-0.3, -0.25) is 0 Å². The predicted octanol–water partition coefficient (Wildman–Crippen LogP) is 2.42. The van der Waals surface area contributed by atoms with Crippen LogP contribution >= 0.6 is 0 Å². The molecule has 60 valence electrons. The molecule has 1 aromatic rings. The van der Waals surface area contributed by atoms with Gasteiger partial charge in [0.25, 0.3) is 0 Å². The molecule has 0 N–H and O–H groups in total. The molecule has 0 radical (unpaired) electrons. The zero-order valence-corrected chi connectivity index (χ0v) is 7.05. The fourth-order valence-electron chi connectivity index (χ4n) is 1.82. The van der Waals surface area contributed by atoms with Gasteiger partial charge in [-0.1, -0.05) is 12.1 Å². The molecule has 2 heteroatoms. The Morgan fingerprint density at radius 1 is 1.55 bits per heavy atom. The minimum Gasteiger partial charge on any atom is -0.361 e. The molecule has 0 fully saturated rings. The van der Waals surface area contributed by atoms with E-state index in [2.05, 4.69) is 12.1 Å². The van der Waals surface area contributed by atoms with Crippen molar-refractivity contribution in [2.45, 2.75) is 39.0 Å². The van der Waals surface area contributed by atoms with E-state index in [1.807, 2.05) is 6.92 Å². The highest BCUT2D eigenvalue weighted by atomic mass is 16.5. The predicted molar refractivity (Wildman–Crippen MR) is 42.6 cm³/mol. The van der Waals surface area contributed by atoms with Crippen molar-refractivity contribution in [3.8, 4) is 0 Å². The highest BCUT2D eigenvalue weighted by Gasteiger charge is 2.22. The van der Waals surface area contributed by atoms with Gasteiger partial charge in [-0.15, -0.1) is 0 Å². The van der Waals surface area contributed by atoms with Crippen molar-refractivity contribution in [3.05, 3.63) is 17.0 Å². The van der Waals surface area contributed by atoms with Crippen LogP contribution in [-0.4, -0.2) is 5.16 Å². The molecule has 0 aliphatic heterocycles. The molecule has 1 aromatic heterocycles. The third-order valence-corrected chi connectivity index (χ3v) is 2.55. The van der Waals surface area contributed by atoms with Gasteiger partial charge in [0.1, 0.15) is 5.76 Å². The third kappa shape index (κ3) is 0.971. The lowest BCUT2D eigenvalue weighted by molar-refractivity contribution is 0.386. The Labute approximate surface area is 66.6 Å². The summed E-state index contributed by atoms with van der Waals surface area (Å²) in [5.74, 6) is 1.63. The number of aromatic nitrogens is 1. The van der Waals surface area contributed by atoms with Crippen LogP contribution in [0.5, 0.6) is 0 Å². The lowest BCUT2D eigenvalue weighted by Crippen LogP contribution is -2.05. The van der Waals surface area contributed by atoms with Gasteiger partial charge in [0, 0.05) is 11.5 Å². The van der Waals surface area contributed by atoms with Gasteiger partial charge in [0.05, 0.1) is 5.69 Å². The van der Waals surface area contributed by atoms with Crippen LogP contribution < -0.4 is 0 Å². The molecule has 1 aliphatic rings. The Balaban J connectivity index is 2.46. The summed E-state index contributed by atoms with van der Waals surface area (Å²) in [6.07, 6.45) is 3.71. The number of rotatable bonds is 0. The van der Waals surface area contributed by atoms with E-state index in [1.54, 1.807) is 0 Å². The van der Waals surface area contributed by atoms with E-state index < -0.39 is 0 Å². The Hall–Kier alpha value is -0.790. The first-order valence-electron chi connectivity index (χ1n) is 4.24. The Morgan fingerprint density at radius 3 is 3.09 bits per heavy atom. The van der Waals surface area contributed by atoms with E-state index in [0.29, 0.717) is 5.92 Å². The van der Waals surface area contributed by atoms with Crippen molar-refractivity contribution >= 4 is 0 Å². The van der Waals surface area contributed by atoms with Crippen LogP contribution in [0.4, 0.5) is 0 Å². The molecule has 0 amide bonds. The van der Waals surface area contributed by atoms with Crippen LogP contribution in [-0.2, 0) is 6.42 Å². The summed E-state index contributed by atoms with van der Waals surface area (Å²) in [4.78, 5) is 0. The minimum atomic E-state index is 0.608. The Morgan fingerprint density at radius 2 is 2.36 bits per heavy atom. The highest BCUT2D eigenvalue weighted by molar-refractivity contribution is 5.27. The molecule has 1 unspecified atom stereocenters. The second-order valence-corrected chi connectivity index (χ2v) is 3.40. The molecule has 1 heterocycles. The first-order valence-corrected chi connectivity index (χ1v) is 4.24. The Bertz CT molecular complexity index is 265. The second-order valence-electron chi connectivity index (χ2n) is 3.40. The molecule has 0 bridgehead atoms. The minimum absolute atomic E-state index is 0.608. The molecule has 0 saturated heterocycles. The van der Waals surface area contributed by atoms with Crippen molar-refractivity contribution in [3.63, 3.8) is 0 Å². The fraction of sp³-hybridized carbons (Fsp3) is 0.667. The van der Waals surface area contributed by atoms with E-state index in [1.165, 1.54) is 24.1 Å². The van der Waals surface area contributed by atoms with Crippen LogP contribution in [0.15, 0.2) is 4.52 Å². The number of fused-ring (bicyclic) bond motifs is 1. The third-order valence-electron chi connectivity index (χ3n) is 2.55. The topological polar surface area (TPSA) is 26.0 Å². The van der Waals surface area contributed by atoms with Crippen LogP contribution in [0.2, 0.25) is 0 Å². The highest BCUT2D eigenvalue weighted by Crippen LogP contribution is 2.31. The van der Waals surface area contributed by atoms with Gasteiger partial charge in [-0.2, -0.15) is 0 Å². The summed E-state index contributed by atoms with van der Waals surface area (Å²) >= 11 is 0. The van der Waals surface area contributed by atoms with Gasteiger partial charge in [0.15, 0.2) is 0 Å². The quantitative estimate of drug-likeness (QED) is 0.569. The lowest BCUT2D eigenvalue weighted by Gasteiger charge is -2.15. The molecular weight excluding hydrogens is 138 g/mol. The van der Waals surface area contributed by atoms with Gasteiger partial charge in [-0.25, -0.2) is 0 Å². The van der Waals surface area contributed by atoms with E-state index in [0.717, 1.165) is 12.2 Å². The molecule has 2 rings (SSSR count). The summed E-state index contributed by atoms with van der Waals surface area (Å²) in [6, 6.07) is 0. The van der Waals surface area contributed by atoms with Gasteiger partial charge in [0.2, 0.25) is 0 Å². The number of hydrogen-bond acceptors (Lipinski definition) is 2. The summed E-state index contributed by atoms with van der Waals surface area (Å²) in [5.41, 5.74) is 2.57. The lowest BCUT2D eigenvalue weighted by atomic mass is 9.88. The summed E-state index contributed by atoms with van der Waals surface area (Å²) < 4.78 is 5.14. The van der Waals surface area contributed by atoms with Crippen LogP contribution in [0.25, 0.3) is 0 Å². The molecule has 0 spiro atoms. The van der Waals surface area contributed by atoms with Crippen LogP contribution in [0.1, 0.15) is 42.7 Å². The standard InChI is InChI=1S/C9H13NO/c1-6-4-3-5-8-7(2)11-10-9(6)8/h6H,3-5H2,1-2H3. The molecule has 0 saturated carbocycles. The molecule has 2 nitrogen and oxygen atoms in total. The molecule has 11 heavy (non-hydrogen) atoms. The van der Waals surface area contributed by atoms with Gasteiger partial charge in [-0.05, 0) is 26.2 Å². The molecule has 1 aliphatic carbocycles. The van der Waals surface area contributed by atoms with Crippen molar-refractivity contribution in [1.29, 1.82) is 0 Å². The molecule has 1 atom stereocenters. The molecule has 0 aromatic carbocycles. The van der Waals surface area contributed by atoms with E-state index in [9.17, 15) is 0 Å². The fourth-order valence-corrected chi connectivity index (χ4v) is 1.82. The normalized spacial score (nSPS) is 23.3. The smallest absolute Gasteiger partial charge is 0.137 e. The van der Waals surface area contributed by atoms with Crippen LogP contribution in [0.3, 0.4) is 0 Å². The monoisotopic (exact) mass is 151 g/mol. The zero-order valence-electron chi connectivity index (χ0n) is 7.05. The first-order chi connectivity index (χ1) is 5.29. The molecular formula is C9H13NO. The van der Waals surface area contributed by atoms with Gasteiger partial charge < -0.3 is 4.52 Å². The average molecular weight is 151 g/mol. The van der Waals surface area contributed by atoms with E-state index in [4.69, 9.17) is 4.52 Å². The van der Waals surface area contributed by atoms with Gasteiger partial charge >= 0.3 is 0 Å². The van der Waals surface area contributed by atoms with Crippen molar-refractivity contribution in [1.82, 2.24) is 5.16 Å². The summed E-state index contributed by atoms with van der Waals surface area (Å²) in [7, 11) is 0. The second kappa shape index (κ2) is 2.36. The van der Waals surface area contributed by atoms with Crippen LogP contribution in [0, 0.1) is 6.92 Å². The number of hydrogen-bond donors (Lipinski definition) is 0. The maximum Gasteiger partial charge on any atom is 0.137 e. The maximum atomic E-state index is 5.14. The van der Waals surface area contributed by atoms with Crippen molar-refractivity contribution in [2.24, 2.45) is 0 Å². The SMILES string of the molecule is Cc1onc2c1CCCC2C. The summed E-state index contributed by atoms with van der Waals surface area (Å²) in [6.45, 7) is 4.23. The first kappa shape index (κ1) is 6.89.